The quantitative estimate of drug-likeness (QED) is 0.737. The fraction of sp³-hybridized carbons (Fsp3) is 0.500. The molecule has 1 atom stereocenters. The Morgan fingerprint density at radius 2 is 2.12 bits per heavy atom. The third-order valence-electron chi connectivity index (χ3n) is 2.80. The minimum atomic E-state index is -0.156. The number of hydrogen-bond acceptors (Lipinski definition) is 4. The first-order valence-electron chi connectivity index (χ1n) is 5.63. The summed E-state index contributed by atoms with van der Waals surface area (Å²) in [5.74, 6) is 0.842. The predicted octanol–water partition coefficient (Wildman–Crippen LogP) is 0.714. The summed E-state index contributed by atoms with van der Waals surface area (Å²) >= 11 is 0. The smallest absolute Gasteiger partial charge is 0.119 e. The Hall–Kier alpha value is -1.26. The minimum absolute atomic E-state index is 0.156. The van der Waals surface area contributed by atoms with E-state index in [4.69, 9.17) is 10.5 Å². The predicted molar refractivity (Wildman–Crippen MR) is 63.4 cm³/mol. The monoisotopic (exact) mass is 222 g/mol. The van der Waals surface area contributed by atoms with Crippen molar-refractivity contribution in [2.24, 2.45) is 0 Å². The number of nitrogens with zero attached hydrogens (tertiary/aromatic N) is 1. The van der Waals surface area contributed by atoms with Crippen molar-refractivity contribution >= 4 is 5.69 Å². The van der Waals surface area contributed by atoms with E-state index in [0.717, 1.165) is 37.5 Å². The Morgan fingerprint density at radius 3 is 2.75 bits per heavy atom. The van der Waals surface area contributed by atoms with Crippen LogP contribution in [0.25, 0.3) is 0 Å². The molecule has 1 aromatic rings. The Bertz CT molecular complexity index is 326. The first-order chi connectivity index (χ1) is 7.74. The van der Waals surface area contributed by atoms with E-state index in [1.807, 2.05) is 24.3 Å². The van der Waals surface area contributed by atoms with Crippen LogP contribution in [0.2, 0.25) is 0 Å². The van der Waals surface area contributed by atoms with E-state index in [1.54, 1.807) is 0 Å². The van der Waals surface area contributed by atoms with E-state index in [2.05, 4.69) is 4.90 Å². The van der Waals surface area contributed by atoms with Crippen LogP contribution >= 0.6 is 0 Å². The number of hydrogen-bond donors (Lipinski definition) is 2. The van der Waals surface area contributed by atoms with E-state index in [1.165, 1.54) is 0 Å². The van der Waals surface area contributed by atoms with Gasteiger partial charge in [-0.1, -0.05) is 0 Å². The maximum atomic E-state index is 9.35. The van der Waals surface area contributed by atoms with Gasteiger partial charge in [-0.05, 0) is 30.7 Å². The topological polar surface area (TPSA) is 58.7 Å². The summed E-state index contributed by atoms with van der Waals surface area (Å²) < 4.78 is 5.58. The van der Waals surface area contributed by atoms with Gasteiger partial charge in [-0.3, -0.25) is 4.90 Å². The van der Waals surface area contributed by atoms with Crippen molar-refractivity contribution in [2.75, 3.05) is 32.0 Å². The highest BCUT2D eigenvalue weighted by molar-refractivity contribution is 5.41. The van der Waals surface area contributed by atoms with Crippen LogP contribution in [0, 0.1) is 0 Å². The number of nitrogens with two attached hydrogens (primary N) is 1. The molecule has 0 aliphatic carbocycles. The molecule has 0 radical (unpaired) electrons. The second-order valence-electron chi connectivity index (χ2n) is 4.16. The maximum absolute atomic E-state index is 9.35. The largest absolute Gasteiger partial charge is 0.492 e. The van der Waals surface area contributed by atoms with E-state index in [-0.39, 0.29) is 6.10 Å². The van der Waals surface area contributed by atoms with Crippen LogP contribution in [0.15, 0.2) is 24.3 Å². The van der Waals surface area contributed by atoms with Gasteiger partial charge < -0.3 is 15.6 Å². The zero-order chi connectivity index (χ0) is 11.4. The van der Waals surface area contributed by atoms with Crippen molar-refractivity contribution < 1.29 is 9.84 Å². The van der Waals surface area contributed by atoms with Gasteiger partial charge in [0.05, 0.1) is 6.10 Å². The summed E-state index contributed by atoms with van der Waals surface area (Å²) in [6.45, 7) is 3.25. The molecule has 1 aliphatic heterocycles. The highest BCUT2D eigenvalue weighted by Crippen LogP contribution is 2.13. The molecule has 0 bridgehead atoms. The van der Waals surface area contributed by atoms with Crippen LogP contribution in [-0.4, -0.2) is 42.4 Å². The van der Waals surface area contributed by atoms with Gasteiger partial charge in [0.25, 0.3) is 0 Å². The second-order valence-corrected chi connectivity index (χ2v) is 4.16. The molecule has 0 amide bonds. The molecule has 16 heavy (non-hydrogen) atoms. The lowest BCUT2D eigenvalue weighted by Gasteiger charge is -2.15. The molecule has 2 rings (SSSR count). The van der Waals surface area contributed by atoms with Gasteiger partial charge in [0.1, 0.15) is 12.4 Å². The molecule has 0 aromatic heterocycles. The molecule has 1 fully saturated rings. The standard InChI is InChI=1S/C12H18N2O2/c13-10-1-3-12(4-2-10)16-8-7-14-6-5-11(15)9-14/h1-4,11,15H,5-9,13H2/t11-/m0/s1. The SMILES string of the molecule is Nc1ccc(OCCN2CC[C@H](O)C2)cc1. The lowest BCUT2D eigenvalue weighted by Crippen LogP contribution is -2.27. The molecule has 0 spiro atoms. The number of β-amino-alcohol motifs (C(OH)–C–C–N with tert-alkyl or cyclic N) is 1. The number of ether oxygens (including phenoxy) is 1. The van der Waals surface area contributed by atoms with Crippen molar-refractivity contribution in [1.29, 1.82) is 0 Å². The average Bonchev–Trinajstić information content (AvgIpc) is 2.67. The van der Waals surface area contributed by atoms with Crippen molar-refractivity contribution in [3.05, 3.63) is 24.3 Å². The Morgan fingerprint density at radius 1 is 1.38 bits per heavy atom. The number of benzene rings is 1. The summed E-state index contributed by atoms with van der Waals surface area (Å²) in [6.07, 6.45) is 0.721. The second kappa shape index (κ2) is 5.18. The molecule has 1 saturated heterocycles. The van der Waals surface area contributed by atoms with Crippen molar-refractivity contribution in [1.82, 2.24) is 4.90 Å². The van der Waals surface area contributed by atoms with Gasteiger partial charge in [-0.15, -0.1) is 0 Å². The number of aliphatic hydroxyl groups excluding tert-OH is 1. The first kappa shape index (κ1) is 11.2. The number of likely N-dealkylation sites (tertiary alicyclic amines) is 1. The summed E-state index contributed by atoms with van der Waals surface area (Å²) in [4.78, 5) is 2.21. The van der Waals surface area contributed by atoms with Crippen molar-refractivity contribution in [3.8, 4) is 5.75 Å². The van der Waals surface area contributed by atoms with Crippen LogP contribution in [0.1, 0.15) is 6.42 Å². The molecule has 4 heteroatoms. The molecule has 4 nitrogen and oxygen atoms in total. The summed E-state index contributed by atoms with van der Waals surface area (Å²) in [5, 5.41) is 9.35. The number of rotatable bonds is 4. The van der Waals surface area contributed by atoms with Crippen LogP contribution in [0.4, 0.5) is 5.69 Å². The van der Waals surface area contributed by atoms with Gasteiger partial charge in [-0.2, -0.15) is 0 Å². The average molecular weight is 222 g/mol. The van der Waals surface area contributed by atoms with Crippen LogP contribution < -0.4 is 10.5 Å². The van der Waals surface area contributed by atoms with Crippen molar-refractivity contribution in [3.63, 3.8) is 0 Å². The molecule has 1 heterocycles. The minimum Gasteiger partial charge on any atom is -0.492 e. The van der Waals surface area contributed by atoms with E-state index < -0.39 is 0 Å². The van der Waals surface area contributed by atoms with Gasteiger partial charge in [-0.25, -0.2) is 0 Å². The Labute approximate surface area is 95.6 Å². The lowest BCUT2D eigenvalue weighted by molar-refractivity contribution is 0.167. The first-order valence-corrected chi connectivity index (χ1v) is 5.63. The Kier molecular flexibility index (Phi) is 3.64. The molecule has 3 N–H and O–H groups in total. The summed E-state index contributed by atoms with van der Waals surface area (Å²) in [5.41, 5.74) is 6.32. The van der Waals surface area contributed by atoms with Crippen LogP contribution in [-0.2, 0) is 0 Å². The van der Waals surface area contributed by atoms with E-state index >= 15 is 0 Å². The number of nitrogen functional groups attached to an aromatic ring is 1. The molecule has 0 unspecified atom stereocenters. The van der Waals surface area contributed by atoms with Gasteiger partial charge >= 0.3 is 0 Å². The normalized spacial score (nSPS) is 21.2. The lowest BCUT2D eigenvalue weighted by atomic mass is 10.3. The highest BCUT2D eigenvalue weighted by atomic mass is 16.5. The number of aliphatic hydroxyl groups is 1. The number of anilines is 1. The van der Waals surface area contributed by atoms with Gasteiger partial charge in [0.2, 0.25) is 0 Å². The zero-order valence-electron chi connectivity index (χ0n) is 9.30. The highest BCUT2D eigenvalue weighted by Gasteiger charge is 2.19. The maximum Gasteiger partial charge on any atom is 0.119 e. The van der Waals surface area contributed by atoms with E-state index in [9.17, 15) is 5.11 Å². The van der Waals surface area contributed by atoms with Crippen LogP contribution in [0.5, 0.6) is 5.75 Å². The van der Waals surface area contributed by atoms with Crippen molar-refractivity contribution in [2.45, 2.75) is 12.5 Å². The molecule has 88 valence electrons. The zero-order valence-corrected chi connectivity index (χ0v) is 9.30. The Balaban J connectivity index is 1.70. The summed E-state index contributed by atoms with van der Waals surface area (Å²) in [6, 6.07) is 7.40. The third-order valence-corrected chi connectivity index (χ3v) is 2.80. The van der Waals surface area contributed by atoms with Crippen LogP contribution in [0.3, 0.4) is 0 Å². The molecule has 0 saturated carbocycles. The van der Waals surface area contributed by atoms with Gasteiger partial charge in [0, 0.05) is 25.3 Å². The summed E-state index contributed by atoms with van der Waals surface area (Å²) in [7, 11) is 0. The molecule has 1 aliphatic rings. The molecular weight excluding hydrogens is 204 g/mol. The van der Waals surface area contributed by atoms with Gasteiger partial charge in [0.15, 0.2) is 0 Å². The fourth-order valence-electron chi connectivity index (χ4n) is 1.87. The third kappa shape index (κ3) is 3.12. The molecular formula is C12H18N2O2. The van der Waals surface area contributed by atoms with E-state index in [0.29, 0.717) is 6.61 Å². The fourth-order valence-corrected chi connectivity index (χ4v) is 1.87. The molecule has 1 aromatic carbocycles.